The van der Waals surface area contributed by atoms with E-state index in [1.165, 1.54) is 13.0 Å². The maximum Gasteiger partial charge on any atom is 0.406 e. The van der Waals surface area contributed by atoms with Gasteiger partial charge in [0, 0.05) is 13.1 Å². The molecule has 0 saturated carbocycles. The molecular formula is C10H13F3N2O4S. The van der Waals surface area contributed by atoms with Gasteiger partial charge in [0.25, 0.3) is 0 Å². The first-order valence-electron chi connectivity index (χ1n) is 5.71. The zero-order valence-corrected chi connectivity index (χ0v) is 11.3. The molecule has 6 nitrogen and oxygen atoms in total. The van der Waals surface area contributed by atoms with E-state index in [0.29, 0.717) is 4.31 Å². The number of halogens is 3. The third-order valence-electron chi connectivity index (χ3n) is 3.42. The molecule has 1 aliphatic rings. The summed E-state index contributed by atoms with van der Waals surface area (Å²) in [6, 6.07) is 1.51. The SMILES string of the molecule is CCC(C#N)S(=O)(=O)N1CCC(C(=O)O)(C(F)(F)F)C1. The molecule has 2 atom stereocenters. The Morgan fingerprint density at radius 1 is 1.55 bits per heavy atom. The first-order valence-corrected chi connectivity index (χ1v) is 7.22. The topological polar surface area (TPSA) is 98.5 Å². The molecule has 1 heterocycles. The van der Waals surface area contributed by atoms with Gasteiger partial charge in [-0.05, 0) is 12.8 Å². The number of sulfonamides is 1. The number of nitrogens with zero attached hydrogens (tertiary/aromatic N) is 2. The summed E-state index contributed by atoms with van der Waals surface area (Å²) in [5.41, 5.74) is -3.10. The quantitative estimate of drug-likeness (QED) is 0.833. The highest BCUT2D eigenvalue weighted by Gasteiger charge is 2.65. The Morgan fingerprint density at radius 3 is 2.40 bits per heavy atom. The molecule has 20 heavy (non-hydrogen) atoms. The van der Waals surface area contributed by atoms with Gasteiger partial charge in [0.15, 0.2) is 10.7 Å². The van der Waals surface area contributed by atoms with Gasteiger partial charge in [-0.1, -0.05) is 6.92 Å². The Bertz CT molecular complexity index is 540. The third kappa shape index (κ3) is 2.47. The number of carboxylic acid groups (broad SMARTS) is 1. The molecule has 1 fully saturated rings. The molecule has 0 aromatic rings. The smallest absolute Gasteiger partial charge is 0.406 e. The second-order valence-corrected chi connectivity index (χ2v) is 6.65. The molecule has 114 valence electrons. The number of alkyl halides is 3. The summed E-state index contributed by atoms with van der Waals surface area (Å²) >= 11 is 0. The molecule has 0 spiro atoms. The van der Waals surface area contributed by atoms with E-state index in [4.69, 9.17) is 10.4 Å². The van der Waals surface area contributed by atoms with Crippen LogP contribution in [0.2, 0.25) is 0 Å². The summed E-state index contributed by atoms with van der Waals surface area (Å²) in [7, 11) is -4.26. The molecule has 2 unspecified atom stereocenters. The standard InChI is InChI=1S/C10H13F3N2O4S/c1-2-7(5-14)20(18,19)15-4-3-9(6-15,8(16)17)10(11,12)13/h7H,2-4,6H2,1H3,(H,16,17). The average Bonchev–Trinajstić information content (AvgIpc) is 2.76. The van der Waals surface area contributed by atoms with Crippen LogP contribution in [0.15, 0.2) is 0 Å². The minimum atomic E-state index is -5.06. The molecule has 0 aliphatic carbocycles. The molecule has 0 radical (unpaired) electrons. The predicted octanol–water partition coefficient (Wildman–Crippen LogP) is 0.957. The number of nitriles is 1. The van der Waals surface area contributed by atoms with Gasteiger partial charge in [-0.15, -0.1) is 0 Å². The van der Waals surface area contributed by atoms with E-state index >= 15 is 0 Å². The molecule has 1 N–H and O–H groups in total. The first kappa shape index (κ1) is 16.7. The first-order chi connectivity index (χ1) is 9.03. The second-order valence-electron chi connectivity index (χ2n) is 4.54. The maximum atomic E-state index is 12.9. The molecule has 0 aromatic heterocycles. The lowest BCUT2D eigenvalue weighted by molar-refractivity contribution is -0.226. The Hall–Kier alpha value is -1.34. The fourth-order valence-corrected chi connectivity index (χ4v) is 3.73. The number of hydrogen-bond acceptors (Lipinski definition) is 4. The van der Waals surface area contributed by atoms with Gasteiger partial charge in [0.1, 0.15) is 0 Å². The number of carbonyl (C=O) groups is 1. The van der Waals surface area contributed by atoms with Crippen LogP contribution in [0.4, 0.5) is 13.2 Å². The van der Waals surface area contributed by atoms with E-state index in [2.05, 4.69) is 0 Å². The van der Waals surface area contributed by atoms with E-state index in [9.17, 15) is 26.4 Å². The number of rotatable bonds is 4. The Balaban J connectivity index is 3.14. The minimum Gasteiger partial charge on any atom is -0.481 e. The third-order valence-corrected chi connectivity index (χ3v) is 5.61. The van der Waals surface area contributed by atoms with Crippen molar-refractivity contribution in [3.8, 4) is 6.07 Å². The van der Waals surface area contributed by atoms with Crippen molar-refractivity contribution in [1.82, 2.24) is 4.31 Å². The van der Waals surface area contributed by atoms with E-state index in [-0.39, 0.29) is 6.42 Å². The van der Waals surface area contributed by atoms with Crippen molar-refractivity contribution in [3.05, 3.63) is 0 Å². The fourth-order valence-electron chi connectivity index (χ4n) is 2.07. The van der Waals surface area contributed by atoms with Crippen molar-refractivity contribution in [2.45, 2.75) is 31.2 Å². The highest BCUT2D eigenvalue weighted by atomic mass is 32.2. The molecule has 0 amide bonds. The maximum absolute atomic E-state index is 12.9. The van der Waals surface area contributed by atoms with Gasteiger partial charge in [0.2, 0.25) is 10.0 Å². The Labute approximate surface area is 113 Å². The van der Waals surface area contributed by atoms with Crippen LogP contribution in [0.5, 0.6) is 0 Å². The lowest BCUT2D eigenvalue weighted by Crippen LogP contribution is -2.48. The van der Waals surface area contributed by atoms with E-state index in [1.54, 1.807) is 0 Å². The summed E-state index contributed by atoms with van der Waals surface area (Å²) in [4.78, 5) is 10.9. The summed E-state index contributed by atoms with van der Waals surface area (Å²) < 4.78 is 63.2. The lowest BCUT2D eigenvalue weighted by Gasteiger charge is -2.27. The summed E-state index contributed by atoms with van der Waals surface area (Å²) in [6.07, 6.45) is -5.99. The van der Waals surface area contributed by atoms with Crippen molar-refractivity contribution in [3.63, 3.8) is 0 Å². The summed E-state index contributed by atoms with van der Waals surface area (Å²) in [5.74, 6) is -2.10. The van der Waals surface area contributed by atoms with Gasteiger partial charge in [-0.2, -0.15) is 22.7 Å². The second kappa shape index (κ2) is 5.21. The zero-order chi connectivity index (χ0) is 15.8. The highest BCUT2D eigenvalue weighted by Crippen LogP contribution is 2.46. The highest BCUT2D eigenvalue weighted by molar-refractivity contribution is 7.90. The van der Waals surface area contributed by atoms with Crippen molar-refractivity contribution < 1.29 is 31.5 Å². The van der Waals surface area contributed by atoms with Crippen LogP contribution in [0.3, 0.4) is 0 Å². The molecule has 10 heteroatoms. The number of aliphatic carboxylic acids is 1. The van der Waals surface area contributed by atoms with E-state index in [0.717, 1.165) is 0 Å². The van der Waals surface area contributed by atoms with Crippen molar-refractivity contribution >= 4 is 16.0 Å². The van der Waals surface area contributed by atoms with Gasteiger partial charge < -0.3 is 5.11 Å². The van der Waals surface area contributed by atoms with Crippen LogP contribution in [0.25, 0.3) is 0 Å². The number of carboxylic acids is 1. The molecule has 0 bridgehead atoms. The Morgan fingerprint density at radius 2 is 2.10 bits per heavy atom. The monoisotopic (exact) mass is 314 g/mol. The molecular weight excluding hydrogens is 301 g/mol. The molecule has 1 rings (SSSR count). The molecule has 0 aromatic carbocycles. The van der Waals surface area contributed by atoms with Gasteiger partial charge >= 0.3 is 12.1 Å². The van der Waals surface area contributed by atoms with Crippen LogP contribution in [-0.2, 0) is 14.8 Å². The number of hydrogen-bond donors (Lipinski definition) is 1. The average molecular weight is 314 g/mol. The van der Waals surface area contributed by atoms with Crippen molar-refractivity contribution in [2.75, 3.05) is 13.1 Å². The van der Waals surface area contributed by atoms with Crippen LogP contribution < -0.4 is 0 Å². The predicted molar refractivity (Wildman–Crippen MR) is 60.9 cm³/mol. The lowest BCUT2D eigenvalue weighted by atomic mass is 9.86. The van der Waals surface area contributed by atoms with Crippen molar-refractivity contribution in [1.29, 1.82) is 5.26 Å². The largest absolute Gasteiger partial charge is 0.481 e. The van der Waals surface area contributed by atoms with Gasteiger partial charge in [-0.3, -0.25) is 4.79 Å². The van der Waals surface area contributed by atoms with Crippen LogP contribution in [0, 0.1) is 16.7 Å². The summed E-state index contributed by atoms with van der Waals surface area (Å²) in [5, 5.41) is 16.1. The molecule has 1 aliphatic heterocycles. The normalized spacial score (nSPS) is 26.1. The summed E-state index contributed by atoms with van der Waals surface area (Å²) in [6.45, 7) is -0.339. The zero-order valence-electron chi connectivity index (χ0n) is 10.5. The Kier molecular flexibility index (Phi) is 4.36. The van der Waals surface area contributed by atoms with Crippen molar-refractivity contribution in [2.24, 2.45) is 5.41 Å². The fraction of sp³-hybridized carbons (Fsp3) is 0.800. The van der Waals surface area contributed by atoms with Crippen LogP contribution in [0.1, 0.15) is 19.8 Å². The van der Waals surface area contributed by atoms with Crippen LogP contribution in [-0.4, -0.2) is 48.3 Å². The van der Waals surface area contributed by atoms with Gasteiger partial charge in [0.05, 0.1) is 6.07 Å². The minimum absolute atomic E-state index is 0.0819. The molecule has 1 saturated heterocycles. The van der Waals surface area contributed by atoms with E-state index < -0.39 is 52.3 Å². The van der Waals surface area contributed by atoms with Crippen LogP contribution >= 0.6 is 0 Å². The van der Waals surface area contributed by atoms with Gasteiger partial charge in [-0.25, -0.2) is 8.42 Å². The van der Waals surface area contributed by atoms with E-state index in [1.807, 2.05) is 0 Å².